The maximum absolute atomic E-state index is 14.0. The van der Waals surface area contributed by atoms with Gasteiger partial charge in [-0.05, 0) is 37.6 Å². The zero-order valence-corrected chi connectivity index (χ0v) is 12.3. The molecule has 22 heavy (non-hydrogen) atoms. The van der Waals surface area contributed by atoms with E-state index >= 15 is 0 Å². The Morgan fingerprint density at radius 2 is 2.00 bits per heavy atom. The minimum Gasteiger partial charge on any atom is -0.478 e. The standard InChI is InChI=1S/C16H19FN2O3/c17-14-9-11(16(21)22)4-5-13(14)15(20)19-8-7-18-6-2-1-3-12(18)10-19/h4-5,9,12H,1-3,6-8,10H2,(H,21,22). The number of piperidine rings is 1. The van der Waals surface area contributed by atoms with Crippen LogP contribution in [0.1, 0.15) is 40.0 Å². The molecular weight excluding hydrogens is 287 g/mol. The smallest absolute Gasteiger partial charge is 0.335 e. The Hall–Kier alpha value is -1.95. The van der Waals surface area contributed by atoms with E-state index < -0.39 is 11.8 Å². The summed E-state index contributed by atoms with van der Waals surface area (Å²) in [4.78, 5) is 27.4. The maximum atomic E-state index is 14.0. The minimum absolute atomic E-state index is 0.0470. The number of carbonyl (C=O) groups excluding carboxylic acids is 1. The lowest BCUT2D eigenvalue weighted by Crippen LogP contribution is -2.56. The fourth-order valence-corrected chi connectivity index (χ4v) is 3.33. The Bertz CT molecular complexity index is 605. The van der Waals surface area contributed by atoms with Crippen LogP contribution in [0.15, 0.2) is 18.2 Å². The van der Waals surface area contributed by atoms with Gasteiger partial charge in [0.15, 0.2) is 0 Å². The van der Waals surface area contributed by atoms with Gasteiger partial charge >= 0.3 is 5.97 Å². The van der Waals surface area contributed by atoms with E-state index in [4.69, 9.17) is 5.11 Å². The van der Waals surface area contributed by atoms with Crippen LogP contribution in [0.5, 0.6) is 0 Å². The molecular formula is C16H19FN2O3. The zero-order valence-electron chi connectivity index (χ0n) is 12.3. The second-order valence-corrected chi connectivity index (χ2v) is 5.94. The fourth-order valence-electron chi connectivity index (χ4n) is 3.33. The molecule has 118 valence electrons. The highest BCUT2D eigenvalue weighted by Gasteiger charge is 2.32. The molecule has 5 nitrogen and oxygen atoms in total. The summed E-state index contributed by atoms with van der Waals surface area (Å²) in [6, 6.07) is 3.82. The number of nitrogens with zero attached hydrogens (tertiary/aromatic N) is 2. The van der Waals surface area contributed by atoms with E-state index in [1.165, 1.54) is 25.0 Å². The molecule has 0 saturated carbocycles. The second-order valence-electron chi connectivity index (χ2n) is 5.94. The largest absolute Gasteiger partial charge is 0.478 e. The summed E-state index contributed by atoms with van der Waals surface area (Å²) >= 11 is 0. The number of halogens is 1. The molecule has 2 saturated heterocycles. The van der Waals surface area contributed by atoms with Gasteiger partial charge in [-0.25, -0.2) is 9.18 Å². The highest BCUT2D eigenvalue weighted by atomic mass is 19.1. The summed E-state index contributed by atoms with van der Waals surface area (Å²) in [5, 5.41) is 8.85. The fraction of sp³-hybridized carbons (Fsp3) is 0.500. The predicted molar refractivity (Wildman–Crippen MR) is 78.5 cm³/mol. The highest BCUT2D eigenvalue weighted by Crippen LogP contribution is 2.23. The quantitative estimate of drug-likeness (QED) is 0.905. The number of piperazine rings is 1. The van der Waals surface area contributed by atoms with Gasteiger partial charge in [0.25, 0.3) is 5.91 Å². The first-order valence-corrected chi connectivity index (χ1v) is 7.62. The zero-order chi connectivity index (χ0) is 15.7. The van der Waals surface area contributed by atoms with Gasteiger partial charge in [0.2, 0.25) is 0 Å². The van der Waals surface area contributed by atoms with Crippen LogP contribution >= 0.6 is 0 Å². The van der Waals surface area contributed by atoms with Crippen molar-refractivity contribution in [2.45, 2.75) is 25.3 Å². The molecule has 0 aliphatic carbocycles. The van der Waals surface area contributed by atoms with E-state index in [2.05, 4.69) is 4.90 Å². The first-order chi connectivity index (χ1) is 10.6. The molecule has 2 aliphatic rings. The number of hydrogen-bond donors (Lipinski definition) is 1. The molecule has 6 heteroatoms. The Labute approximate surface area is 128 Å². The molecule has 0 radical (unpaired) electrons. The summed E-state index contributed by atoms with van der Waals surface area (Å²) < 4.78 is 14.0. The number of aromatic carboxylic acids is 1. The molecule has 1 aromatic rings. The van der Waals surface area contributed by atoms with Gasteiger partial charge in [-0.15, -0.1) is 0 Å². The number of carboxylic acids is 1. The SMILES string of the molecule is O=C(O)c1ccc(C(=O)N2CCN3CCCCC3C2)c(F)c1. The second kappa shape index (κ2) is 6.04. The predicted octanol–water partition coefficient (Wildman–Crippen LogP) is 1.83. The van der Waals surface area contributed by atoms with Crippen molar-refractivity contribution >= 4 is 11.9 Å². The lowest BCUT2D eigenvalue weighted by atomic mass is 9.99. The van der Waals surface area contributed by atoms with Crippen LogP contribution in [0, 0.1) is 5.82 Å². The van der Waals surface area contributed by atoms with E-state index in [-0.39, 0.29) is 17.0 Å². The third-order valence-corrected chi connectivity index (χ3v) is 4.57. The van der Waals surface area contributed by atoms with Crippen molar-refractivity contribution in [3.63, 3.8) is 0 Å². The van der Waals surface area contributed by atoms with Gasteiger partial charge < -0.3 is 10.0 Å². The van der Waals surface area contributed by atoms with Crippen molar-refractivity contribution < 1.29 is 19.1 Å². The average molecular weight is 306 g/mol. The third-order valence-electron chi connectivity index (χ3n) is 4.57. The van der Waals surface area contributed by atoms with Crippen LogP contribution in [0.4, 0.5) is 4.39 Å². The summed E-state index contributed by atoms with van der Waals surface area (Å²) in [5.41, 5.74) is -0.194. The van der Waals surface area contributed by atoms with Gasteiger partial charge in [0.05, 0.1) is 11.1 Å². The molecule has 0 spiro atoms. The number of benzene rings is 1. The minimum atomic E-state index is -1.20. The highest BCUT2D eigenvalue weighted by molar-refractivity contribution is 5.96. The summed E-state index contributed by atoms with van der Waals surface area (Å²) in [7, 11) is 0. The first-order valence-electron chi connectivity index (χ1n) is 7.62. The van der Waals surface area contributed by atoms with Crippen LogP contribution in [0.25, 0.3) is 0 Å². The third kappa shape index (κ3) is 2.83. The topological polar surface area (TPSA) is 60.9 Å². The lowest BCUT2D eigenvalue weighted by Gasteiger charge is -2.44. The van der Waals surface area contributed by atoms with Crippen molar-refractivity contribution in [3.05, 3.63) is 35.1 Å². The van der Waals surface area contributed by atoms with Gasteiger partial charge in [-0.2, -0.15) is 0 Å². The van der Waals surface area contributed by atoms with Crippen LogP contribution in [0.3, 0.4) is 0 Å². The Morgan fingerprint density at radius 1 is 1.18 bits per heavy atom. The molecule has 2 heterocycles. The van der Waals surface area contributed by atoms with Crippen molar-refractivity contribution in [3.8, 4) is 0 Å². The van der Waals surface area contributed by atoms with Crippen molar-refractivity contribution in [1.82, 2.24) is 9.80 Å². The molecule has 1 amide bonds. The van der Waals surface area contributed by atoms with E-state index in [1.54, 1.807) is 4.90 Å². The Balaban J connectivity index is 1.75. The van der Waals surface area contributed by atoms with E-state index in [9.17, 15) is 14.0 Å². The molecule has 2 fully saturated rings. The normalized spacial score (nSPS) is 22.2. The number of hydrogen-bond acceptors (Lipinski definition) is 3. The molecule has 1 N–H and O–H groups in total. The number of amides is 1. The van der Waals surface area contributed by atoms with Gasteiger partial charge in [-0.1, -0.05) is 6.42 Å². The van der Waals surface area contributed by atoms with E-state index in [1.807, 2.05) is 0 Å². The van der Waals surface area contributed by atoms with Gasteiger partial charge in [-0.3, -0.25) is 9.69 Å². The van der Waals surface area contributed by atoms with Crippen LogP contribution in [0.2, 0.25) is 0 Å². The number of fused-ring (bicyclic) bond motifs is 1. The van der Waals surface area contributed by atoms with Crippen molar-refractivity contribution in [2.75, 3.05) is 26.2 Å². The summed E-state index contributed by atoms with van der Waals surface area (Å²) in [5.74, 6) is -2.32. The Kier molecular flexibility index (Phi) is 4.11. The molecule has 1 unspecified atom stereocenters. The molecule has 2 aliphatic heterocycles. The van der Waals surface area contributed by atoms with Crippen molar-refractivity contribution in [1.29, 1.82) is 0 Å². The summed E-state index contributed by atoms with van der Waals surface area (Å²) in [6.45, 7) is 3.12. The number of rotatable bonds is 2. The molecule has 1 atom stereocenters. The van der Waals surface area contributed by atoms with E-state index in [0.717, 1.165) is 25.6 Å². The number of carboxylic acid groups (broad SMARTS) is 1. The molecule has 0 bridgehead atoms. The van der Waals surface area contributed by atoms with Crippen LogP contribution < -0.4 is 0 Å². The van der Waals surface area contributed by atoms with E-state index in [0.29, 0.717) is 19.1 Å². The van der Waals surface area contributed by atoms with Crippen LogP contribution in [-0.2, 0) is 0 Å². The maximum Gasteiger partial charge on any atom is 0.335 e. The molecule has 0 aromatic heterocycles. The monoisotopic (exact) mass is 306 g/mol. The Morgan fingerprint density at radius 3 is 2.73 bits per heavy atom. The lowest BCUT2D eigenvalue weighted by molar-refractivity contribution is 0.0369. The summed E-state index contributed by atoms with van der Waals surface area (Å²) in [6.07, 6.45) is 3.45. The van der Waals surface area contributed by atoms with Crippen LogP contribution in [-0.4, -0.2) is 59.0 Å². The molecule has 3 rings (SSSR count). The molecule has 1 aromatic carbocycles. The van der Waals surface area contributed by atoms with Crippen molar-refractivity contribution in [2.24, 2.45) is 0 Å². The first kappa shape index (κ1) is 15.0. The van der Waals surface area contributed by atoms with Gasteiger partial charge in [0, 0.05) is 25.7 Å². The average Bonchev–Trinajstić information content (AvgIpc) is 2.53. The number of carbonyl (C=O) groups is 2. The van der Waals surface area contributed by atoms with Gasteiger partial charge in [0.1, 0.15) is 5.82 Å².